The van der Waals surface area contributed by atoms with E-state index in [-0.39, 0.29) is 11.5 Å². The van der Waals surface area contributed by atoms with E-state index in [0.717, 1.165) is 5.56 Å². The van der Waals surface area contributed by atoms with E-state index in [9.17, 15) is 14.9 Å². The number of benzene rings is 3. The molecular weight excluding hydrogens is 410 g/mol. The molecule has 31 heavy (non-hydrogen) atoms. The summed E-state index contributed by atoms with van der Waals surface area (Å²) in [6, 6.07) is 25.2. The first kappa shape index (κ1) is 21.8. The number of rotatable bonds is 7. The van der Waals surface area contributed by atoms with E-state index >= 15 is 0 Å². The molecule has 0 aromatic heterocycles. The number of carbonyl (C=O) groups excluding carboxylic acids is 2. The van der Waals surface area contributed by atoms with Gasteiger partial charge >= 0.3 is 0 Å². The zero-order valence-electron chi connectivity index (χ0n) is 16.6. The molecule has 0 aliphatic carbocycles. The van der Waals surface area contributed by atoms with Crippen LogP contribution >= 0.6 is 11.6 Å². The number of hydrogen-bond acceptors (Lipinski definition) is 3. The molecule has 0 aliphatic rings. The third-order valence-electron chi connectivity index (χ3n) is 4.47. The second-order valence-corrected chi connectivity index (χ2v) is 7.18. The normalized spacial score (nSPS) is 10.8. The van der Waals surface area contributed by atoms with Gasteiger partial charge in [-0.1, -0.05) is 54.1 Å². The summed E-state index contributed by atoms with van der Waals surface area (Å²) in [7, 11) is 0. The number of hydrogen-bond donors (Lipinski definition) is 2. The van der Waals surface area contributed by atoms with Crippen LogP contribution in [0.15, 0.2) is 84.4 Å². The van der Waals surface area contributed by atoms with Gasteiger partial charge in [0, 0.05) is 22.8 Å². The Kier molecular flexibility index (Phi) is 7.58. The summed E-state index contributed by atoms with van der Waals surface area (Å²) in [5.74, 6) is -0.717. The number of nitriles is 1. The van der Waals surface area contributed by atoms with E-state index in [1.54, 1.807) is 48.5 Å². The van der Waals surface area contributed by atoms with Crippen LogP contribution in [0.3, 0.4) is 0 Å². The minimum atomic E-state index is -0.436. The monoisotopic (exact) mass is 429 g/mol. The maximum absolute atomic E-state index is 12.4. The predicted molar refractivity (Wildman–Crippen MR) is 123 cm³/mol. The Morgan fingerprint density at radius 3 is 2.42 bits per heavy atom. The highest BCUT2D eigenvalue weighted by Gasteiger charge is 2.10. The molecule has 2 amide bonds. The van der Waals surface area contributed by atoms with Crippen molar-refractivity contribution in [3.63, 3.8) is 0 Å². The van der Waals surface area contributed by atoms with Crippen LogP contribution in [0.4, 0.5) is 5.69 Å². The maximum Gasteiger partial charge on any atom is 0.261 e. The lowest BCUT2D eigenvalue weighted by atomic mass is 10.1. The lowest BCUT2D eigenvalue weighted by Gasteiger charge is -2.07. The van der Waals surface area contributed by atoms with Gasteiger partial charge in [0.05, 0.1) is 0 Å². The van der Waals surface area contributed by atoms with Gasteiger partial charge < -0.3 is 10.6 Å². The molecule has 0 heterocycles. The van der Waals surface area contributed by atoms with Crippen LogP contribution in [-0.4, -0.2) is 18.4 Å². The van der Waals surface area contributed by atoms with Gasteiger partial charge in [0.25, 0.3) is 11.8 Å². The SMILES string of the molecule is N#C/C(=C\c1cccc(NC(=O)c2ccc(Cl)cc2)c1)C(=O)NCCc1ccccc1. The molecule has 0 bridgehead atoms. The van der Waals surface area contributed by atoms with Crippen molar-refractivity contribution in [3.05, 3.63) is 106 Å². The zero-order chi connectivity index (χ0) is 22.1. The lowest BCUT2D eigenvalue weighted by Crippen LogP contribution is -2.26. The number of halogens is 1. The lowest BCUT2D eigenvalue weighted by molar-refractivity contribution is -0.117. The molecule has 0 unspecified atom stereocenters. The molecule has 3 rings (SSSR count). The molecule has 0 saturated heterocycles. The van der Waals surface area contributed by atoms with Crippen LogP contribution in [0.1, 0.15) is 21.5 Å². The standard InChI is InChI=1S/C25H20ClN3O2/c26-22-11-9-20(10-12-22)25(31)29-23-8-4-7-19(16-23)15-21(17-27)24(30)28-14-13-18-5-2-1-3-6-18/h1-12,15-16H,13-14H2,(H,28,30)(H,29,31)/b21-15+. The van der Waals surface area contributed by atoms with Crippen molar-refractivity contribution in [2.24, 2.45) is 0 Å². The minimum absolute atomic E-state index is 0.00533. The Hall–Kier alpha value is -3.88. The molecule has 154 valence electrons. The summed E-state index contributed by atoms with van der Waals surface area (Å²) >= 11 is 5.85. The molecule has 5 nitrogen and oxygen atoms in total. The van der Waals surface area contributed by atoms with Crippen LogP contribution in [0.5, 0.6) is 0 Å². The molecule has 2 N–H and O–H groups in total. The maximum atomic E-state index is 12.4. The van der Waals surface area contributed by atoms with Crippen molar-refractivity contribution in [2.45, 2.75) is 6.42 Å². The Morgan fingerprint density at radius 1 is 0.968 bits per heavy atom. The number of anilines is 1. The van der Waals surface area contributed by atoms with Gasteiger partial charge in [-0.05, 0) is 60.0 Å². The van der Waals surface area contributed by atoms with Crippen molar-refractivity contribution < 1.29 is 9.59 Å². The molecular formula is C25H20ClN3O2. The van der Waals surface area contributed by atoms with Crippen LogP contribution < -0.4 is 10.6 Å². The summed E-state index contributed by atoms with van der Waals surface area (Å²) in [6.45, 7) is 0.430. The van der Waals surface area contributed by atoms with Gasteiger partial charge in [-0.15, -0.1) is 0 Å². The molecule has 0 saturated carbocycles. The molecule has 0 spiro atoms. The summed E-state index contributed by atoms with van der Waals surface area (Å²) in [6.07, 6.45) is 2.17. The van der Waals surface area contributed by atoms with Crippen molar-refractivity contribution in [1.29, 1.82) is 5.26 Å². The summed E-state index contributed by atoms with van der Waals surface area (Å²) in [5, 5.41) is 15.5. The van der Waals surface area contributed by atoms with Gasteiger partial charge in [0.2, 0.25) is 0 Å². The van der Waals surface area contributed by atoms with Gasteiger partial charge in [0.1, 0.15) is 11.6 Å². The van der Waals surface area contributed by atoms with Gasteiger partial charge in [-0.2, -0.15) is 5.26 Å². The third-order valence-corrected chi connectivity index (χ3v) is 4.72. The third kappa shape index (κ3) is 6.56. The Balaban J connectivity index is 1.64. The fraction of sp³-hybridized carbons (Fsp3) is 0.0800. The molecule has 0 atom stereocenters. The Labute approximate surface area is 186 Å². The average Bonchev–Trinajstić information content (AvgIpc) is 2.78. The average molecular weight is 430 g/mol. The smallest absolute Gasteiger partial charge is 0.261 e. The Bertz CT molecular complexity index is 1130. The van der Waals surface area contributed by atoms with E-state index in [1.807, 2.05) is 36.4 Å². The summed E-state index contributed by atoms with van der Waals surface area (Å²) in [5.41, 5.74) is 2.75. The highest BCUT2D eigenvalue weighted by Crippen LogP contribution is 2.16. The summed E-state index contributed by atoms with van der Waals surface area (Å²) in [4.78, 5) is 24.7. The molecule has 0 fully saturated rings. The number of nitrogens with zero attached hydrogens (tertiary/aromatic N) is 1. The van der Waals surface area contributed by atoms with E-state index in [1.165, 1.54) is 6.08 Å². The quantitative estimate of drug-likeness (QED) is 0.415. The zero-order valence-corrected chi connectivity index (χ0v) is 17.4. The minimum Gasteiger partial charge on any atom is -0.351 e. The molecule has 3 aromatic carbocycles. The van der Waals surface area contributed by atoms with Crippen molar-refractivity contribution in [1.82, 2.24) is 5.32 Å². The van der Waals surface area contributed by atoms with E-state index in [4.69, 9.17) is 11.6 Å². The van der Waals surface area contributed by atoms with Gasteiger partial charge in [-0.3, -0.25) is 9.59 Å². The summed E-state index contributed by atoms with van der Waals surface area (Å²) < 4.78 is 0. The van der Waals surface area contributed by atoms with Crippen LogP contribution in [0.2, 0.25) is 5.02 Å². The first-order chi connectivity index (χ1) is 15.0. The molecule has 6 heteroatoms. The van der Waals surface area contributed by atoms with Crippen molar-refractivity contribution in [2.75, 3.05) is 11.9 Å². The molecule has 3 aromatic rings. The fourth-order valence-electron chi connectivity index (χ4n) is 2.89. The fourth-order valence-corrected chi connectivity index (χ4v) is 3.01. The first-order valence-electron chi connectivity index (χ1n) is 9.66. The van der Waals surface area contributed by atoms with E-state index in [2.05, 4.69) is 10.6 Å². The number of amides is 2. The topological polar surface area (TPSA) is 82.0 Å². The predicted octanol–water partition coefficient (Wildman–Crippen LogP) is 4.86. The van der Waals surface area contributed by atoms with E-state index in [0.29, 0.717) is 34.8 Å². The molecule has 0 aliphatic heterocycles. The van der Waals surface area contributed by atoms with Crippen LogP contribution in [0.25, 0.3) is 6.08 Å². The van der Waals surface area contributed by atoms with Crippen LogP contribution in [-0.2, 0) is 11.2 Å². The highest BCUT2D eigenvalue weighted by atomic mass is 35.5. The second kappa shape index (κ2) is 10.8. The largest absolute Gasteiger partial charge is 0.351 e. The second-order valence-electron chi connectivity index (χ2n) is 6.75. The Morgan fingerprint density at radius 2 is 1.71 bits per heavy atom. The van der Waals surface area contributed by atoms with E-state index < -0.39 is 5.91 Å². The highest BCUT2D eigenvalue weighted by molar-refractivity contribution is 6.30. The number of nitrogens with one attached hydrogen (secondary N) is 2. The first-order valence-corrected chi connectivity index (χ1v) is 10.0. The number of carbonyl (C=O) groups is 2. The van der Waals surface area contributed by atoms with Crippen molar-refractivity contribution in [3.8, 4) is 6.07 Å². The van der Waals surface area contributed by atoms with Crippen molar-refractivity contribution >= 4 is 35.2 Å². The van der Waals surface area contributed by atoms with Gasteiger partial charge in [0.15, 0.2) is 0 Å². The van der Waals surface area contributed by atoms with Gasteiger partial charge in [-0.25, -0.2) is 0 Å². The van der Waals surface area contributed by atoms with Crippen LogP contribution in [0, 0.1) is 11.3 Å². The molecule has 0 radical (unpaired) electrons.